The van der Waals surface area contributed by atoms with Gasteiger partial charge >= 0.3 is 5.97 Å². The van der Waals surface area contributed by atoms with Gasteiger partial charge in [-0.05, 0) is 42.6 Å². The first-order chi connectivity index (χ1) is 56.0. The van der Waals surface area contributed by atoms with Gasteiger partial charge in [0.25, 0.3) is 10.1 Å². The second-order valence-corrected chi connectivity index (χ2v) is 33.1. The number of sulfonamides is 1. The number of carbonyl (C=O) groups is 1. The number of fused-ring (bicyclic) bond motifs is 1. The molecule has 3 aromatic carbocycles. The van der Waals surface area contributed by atoms with E-state index in [9.17, 15) is 134 Å². The van der Waals surface area contributed by atoms with E-state index in [4.69, 9.17) is 84.7 Å². The maximum absolute atomic E-state index is 13.7. The molecule has 0 radical (unpaired) electrons. The number of nitrogens with zero attached hydrogens (tertiary/aromatic N) is 1. The average molecular weight is 1740 g/mol. The lowest BCUT2D eigenvalue weighted by Crippen LogP contribution is -2.69. The first-order valence-corrected chi connectivity index (χ1v) is 40.2. The third kappa shape index (κ3) is 19.3. The van der Waals surface area contributed by atoms with Gasteiger partial charge in [-0.15, -0.1) is 0 Å². The SMILES string of the molecule is Cc1ccc(S(=O)(=O)OC[C@H]2O[C@@H]3O[C@H]4[C@H](O)[C@@H](O)[C@@H](O[C@H]5[C@H](O)[C@@H](O)[C@@H](O[C@H]6[C@H](O)[C@@H](O)[C@@H](O[C@H]7[C@H](O)[C@@H](O)[C@@H](O[C@H]8[C@H](O)[C@@H](O)[C@@H](O[C@H]9[C@H](O)[C@@H](O)[C@@H](O[C@H]%10[C@H](O)[C@@H](O)[C@@H](O[C@H]2[C@H](O)[C@H]3O)O[C@@H]%10CO)O[C@@H]9COC(=O)CNS(=O)(=O)c2ccc3c(N(C)C)cccc3c2)O[C@@H]8CO)O[C@@H]7CO)O[C@@H]6CO)O[C@@H]5CO)O[C@@H]4CO)cc1. The van der Waals surface area contributed by atoms with Gasteiger partial charge in [0.05, 0.1) is 56.0 Å². The Hall–Kier alpha value is -4.51. The van der Waals surface area contributed by atoms with Crippen molar-refractivity contribution in [2.24, 2.45) is 0 Å². The van der Waals surface area contributed by atoms with E-state index in [1.165, 1.54) is 30.3 Å². The predicted octanol–water partition coefficient (Wildman–Crippen LogP) is -13.9. The molecule has 0 aromatic heterocycles. The van der Waals surface area contributed by atoms with Gasteiger partial charge in [-0.2, -0.15) is 13.1 Å². The maximum atomic E-state index is 13.7. The molecule has 668 valence electrons. The Morgan fingerprint density at radius 3 is 0.915 bits per heavy atom. The third-order valence-corrected chi connectivity index (χ3v) is 24.4. The summed E-state index contributed by atoms with van der Waals surface area (Å²) in [5, 5.41) is 253. The number of nitrogens with one attached hydrogen (secondary N) is 1. The Kier molecular flexibility index (Phi) is 30.6. The van der Waals surface area contributed by atoms with E-state index >= 15 is 0 Å². The van der Waals surface area contributed by atoms with Crippen LogP contribution in [0.1, 0.15) is 5.56 Å². The summed E-state index contributed by atoms with van der Waals surface area (Å²) in [5.74, 6) is -1.36. The number of carbonyl (C=O) groups excluding carboxylic acids is 1. The van der Waals surface area contributed by atoms with E-state index in [0.29, 0.717) is 16.3 Å². The largest absolute Gasteiger partial charge is 0.462 e. The minimum absolute atomic E-state index is 0.286. The minimum Gasteiger partial charge on any atom is -0.462 e. The van der Waals surface area contributed by atoms with Crippen LogP contribution in [0.4, 0.5) is 5.69 Å². The number of aryl methyl sites for hydroxylation is 1. The molecule has 0 amide bonds. The third-order valence-electron chi connectivity index (χ3n) is 21.7. The highest BCUT2D eigenvalue weighted by Crippen LogP contribution is 2.41. The number of hydrogen-bond acceptors (Lipinski definition) is 46. The van der Waals surface area contributed by atoms with E-state index < -0.39 is 336 Å². The summed E-state index contributed by atoms with van der Waals surface area (Å²) in [6, 6.07) is 14.4. The van der Waals surface area contributed by atoms with Crippen molar-refractivity contribution in [2.45, 2.75) is 262 Å². The van der Waals surface area contributed by atoms with Crippen LogP contribution >= 0.6 is 0 Å². The van der Waals surface area contributed by atoms with Crippen molar-refractivity contribution >= 4 is 42.6 Å². The molecule has 40 atom stereocenters. The van der Waals surface area contributed by atoms with Crippen LogP contribution in [-0.4, -0.2) is 454 Å². The van der Waals surface area contributed by atoms with Crippen molar-refractivity contribution in [2.75, 3.05) is 78.4 Å². The van der Waals surface area contributed by atoms with Gasteiger partial charge in [0.15, 0.2) is 50.3 Å². The summed E-state index contributed by atoms with van der Waals surface area (Å²) in [5.41, 5.74) is 1.36. The molecule has 118 heavy (non-hydrogen) atoms. The summed E-state index contributed by atoms with van der Waals surface area (Å²) in [6.07, 6.45) is -88.3. The lowest BCUT2D eigenvalue weighted by molar-refractivity contribution is -0.404. The zero-order chi connectivity index (χ0) is 85.6. The van der Waals surface area contributed by atoms with Gasteiger partial charge in [-0.25, -0.2) is 8.42 Å². The average Bonchev–Trinajstić information content (AvgIpc) is 0.771. The molecule has 30 saturated heterocycles. The highest BCUT2D eigenvalue weighted by molar-refractivity contribution is 7.89. The smallest absolute Gasteiger partial charge is 0.321 e. The zero-order valence-electron chi connectivity index (χ0n) is 62.7. The van der Waals surface area contributed by atoms with Crippen molar-refractivity contribution in [1.29, 1.82) is 0 Å². The fourth-order valence-electron chi connectivity index (χ4n) is 15.1. The molecule has 0 spiro atoms. The number of benzene rings is 3. The molecule has 23 N–H and O–H groups in total. The normalized spacial score (nSPS) is 44.5. The van der Waals surface area contributed by atoms with Gasteiger partial charge in [0, 0.05) is 25.2 Å². The number of hydrogen-bond donors (Lipinski definition) is 23. The van der Waals surface area contributed by atoms with E-state index in [0.717, 1.165) is 17.8 Å². The van der Waals surface area contributed by atoms with Crippen LogP contribution < -0.4 is 9.62 Å². The number of rotatable bonds is 17. The van der Waals surface area contributed by atoms with Crippen molar-refractivity contribution in [3.8, 4) is 0 Å². The number of anilines is 1. The standard InChI is InChI=1S/C69H100N2O45S2/c1-23-7-9-25(10-8-23)118(97,98)100-22-36-61-45(86)53(94)69(108-36)114-59-33(19-76)104-65(49(90)41(59)82)111-56-31(17-74)102-63(47(88)39(56)80)109-54-29(15-72)101-62(46(87)38(54)79)110-55-30(16-73)103-64(48(89)40(55)81)112-57-32(18-75)105-66(50(91)42(57)83)115-60-35(107-68(52(93)44(60)85)113-58-34(20-77)106-67(116-61)51(92)43(58)84)21-99-37(78)14-70-117(95,96)26-11-12-27-24(13-26)5-4-6-28(27)71(2)3/h4-13,29-36,38-70,72-77,79-94H,14-22H2,1-3H3/t29-,30-,31-,32-,33-,34-,35-,36-,38-,39-,40-,41-,42-,43-,44-,45-,46-,47-,48-,49-,50-,51-,52-,53-,54-,55-,56-,57-,58-,59-,60-,61-,62-,63-,64-,65-,66-,67-,68-,69-/m1/s1. The Morgan fingerprint density at radius 2 is 0.627 bits per heavy atom. The van der Waals surface area contributed by atoms with E-state index in [1.54, 1.807) is 44.1 Å². The van der Waals surface area contributed by atoms with Gasteiger partial charge in [0.1, 0.15) is 208 Å². The Morgan fingerprint density at radius 1 is 0.356 bits per heavy atom. The summed E-state index contributed by atoms with van der Waals surface area (Å²) in [7, 11) is -5.79. The van der Waals surface area contributed by atoms with Crippen LogP contribution in [-0.2, 0) is 110 Å². The van der Waals surface area contributed by atoms with Crippen molar-refractivity contribution in [1.82, 2.24) is 4.72 Å². The summed E-state index contributed by atoms with van der Waals surface area (Å²) in [6.45, 7) is -8.89. The van der Waals surface area contributed by atoms with Gasteiger partial charge in [-0.1, -0.05) is 35.9 Å². The van der Waals surface area contributed by atoms with Crippen LogP contribution in [0.2, 0.25) is 0 Å². The Bertz CT molecular complexity index is 3990. The molecule has 30 aliphatic rings. The van der Waals surface area contributed by atoms with Crippen LogP contribution in [0.5, 0.6) is 0 Å². The van der Waals surface area contributed by atoms with Crippen molar-refractivity contribution < 1.29 is 219 Å². The lowest BCUT2D eigenvalue weighted by atomic mass is 9.94. The molecule has 16 bridgehead atoms. The molecular formula is C69H100N2O45S2. The first kappa shape index (κ1) is 92.7. The molecular weight excluding hydrogens is 1640 g/mol. The van der Waals surface area contributed by atoms with Crippen LogP contribution in [0.25, 0.3) is 10.8 Å². The highest BCUT2D eigenvalue weighted by atomic mass is 32.2. The van der Waals surface area contributed by atoms with E-state index in [2.05, 4.69) is 4.72 Å². The number of aliphatic hydroxyl groups excluding tert-OH is 22. The van der Waals surface area contributed by atoms with Crippen LogP contribution in [0.15, 0.2) is 70.5 Å². The second-order valence-electron chi connectivity index (χ2n) is 29.7. The maximum Gasteiger partial charge on any atom is 0.321 e. The minimum atomic E-state index is -4.83. The molecule has 47 nitrogen and oxygen atoms in total. The highest BCUT2D eigenvalue weighted by Gasteiger charge is 2.61. The number of aliphatic hydroxyl groups is 22. The van der Waals surface area contributed by atoms with Crippen molar-refractivity contribution in [3.63, 3.8) is 0 Å². The van der Waals surface area contributed by atoms with E-state index in [1.807, 2.05) is 0 Å². The molecule has 0 unspecified atom stereocenters. The molecule has 30 fully saturated rings. The number of ether oxygens (including phenoxy) is 17. The molecule has 3 aromatic rings. The van der Waals surface area contributed by atoms with Crippen molar-refractivity contribution in [3.05, 3.63) is 66.2 Å². The summed E-state index contributed by atoms with van der Waals surface area (Å²) in [4.78, 5) is 14.7. The van der Waals surface area contributed by atoms with Gasteiger partial charge < -0.3 is 198 Å². The Labute approximate surface area is 670 Å². The predicted molar refractivity (Wildman–Crippen MR) is 376 cm³/mol. The molecule has 49 heteroatoms. The topological polar surface area (TPSA) is 712 Å². The zero-order valence-corrected chi connectivity index (χ0v) is 64.4. The second kappa shape index (κ2) is 38.9. The quantitative estimate of drug-likeness (QED) is 0.0441. The molecule has 30 aliphatic heterocycles. The van der Waals surface area contributed by atoms with Gasteiger partial charge in [0.2, 0.25) is 10.0 Å². The fourth-order valence-corrected chi connectivity index (χ4v) is 17.0. The Balaban J connectivity index is 0.840. The molecule has 30 heterocycles. The van der Waals surface area contributed by atoms with E-state index in [-0.39, 0.29) is 4.90 Å². The van der Waals surface area contributed by atoms with Crippen LogP contribution in [0, 0.1) is 6.92 Å². The fraction of sp³-hybridized carbons (Fsp3) is 0.754. The van der Waals surface area contributed by atoms with Crippen LogP contribution in [0.3, 0.4) is 0 Å². The lowest BCUT2D eigenvalue weighted by Gasteiger charge is -2.50. The monoisotopic (exact) mass is 1740 g/mol. The molecule has 33 rings (SSSR count). The van der Waals surface area contributed by atoms with Gasteiger partial charge in [-0.3, -0.25) is 8.98 Å². The summed E-state index contributed by atoms with van der Waals surface area (Å²) >= 11 is 0. The molecule has 0 saturated carbocycles. The first-order valence-electron chi connectivity index (χ1n) is 37.3. The molecule has 0 aliphatic carbocycles. The summed E-state index contributed by atoms with van der Waals surface area (Å²) < 4.78 is 161. The number of esters is 1.